The van der Waals surface area contributed by atoms with Crippen LogP contribution in [0.15, 0.2) is 46.2 Å². The number of nitrogens with one attached hydrogen (secondary N) is 1. The van der Waals surface area contributed by atoms with E-state index in [2.05, 4.69) is 9.82 Å². The molecule has 0 radical (unpaired) electrons. The topological polar surface area (TPSA) is 85.5 Å². The van der Waals surface area contributed by atoms with Crippen LogP contribution in [0.3, 0.4) is 0 Å². The summed E-state index contributed by atoms with van der Waals surface area (Å²) in [5.74, 6) is 0.552. The van der Waals surface area contributed by atoms with E-state index in [0.29, 0.717) is 17.9 Å². The molecule has 2 aromatic heterocycles. The van der Waals surface area contributed by atoms with Crippen LogP contribution in [0.4, 0.5) is 0 Å². The highest BCUT2D eigenvalue weighted by Gasteiger charge is 2.19. The Bertz CT molecular complexity index is 1100. The average Bonchev–Trinajstić information content (AvgIpc) is 3.04. The summed E-state index contributed by atoms with van der Waals surface area (Å²) in [6.07, 6.45) is 1.43. The van der Waals surface area contributed by atoms with E-state index in [1.807, 2.05) is 38.1 Å². The Labute approximate surface area is 146 Å². The normalized spacial score (nSPS) is 12.0. The second-order valence-corrected chi connectivity index (χ2v) is 7.68. The lowest BCUT2D eigenvalue weighted by atomic mass is 10.1. The number of sulfonamides is 1. The van der Waals surface area contributed by atoms with Gasteiger partial charge in [-0.15, -0.1) is 0 Å². The van der Waals surface area contributed by atoms with Gasteiger partial charge in [0.15, 0.2) is 0 Å². The molecular weight excluding hydrogens is 340 g/mol. The van der Waals surface area contributed by atoms with E-state index in [-0.39, 0.29) is 17.0 Å². The van der Waals surface area contributed by atoms with E-state index in [1.54, 1.807) is 6.92 Å². The highest BCUT2D eigenvalue weighted by Crippen LogP contribution is 2.14. The summed E-state index contributed by atoms with van der Waals surface area (Å²) >= 11 is 0. The van der Waals surface area contributed by atoms with Gasteiger partial charge < -0.3 is 0 Å². The van der Waals surface area contributed by atoms with Crippen molar-refractivity contribution in [2.24, 2.45) is 0 Å². The fourth-order valence-electron chi connectivity index (χ4n) is 2.72. The van der Waals surface area contributed by atoms with Crippen molar-refractivity contribution in [1.29, 1.82) is 0 Å². The zero-order valence-electron chi connectivity index (χ0n) is 14.4. The van der Waals surface area contributed by atoms with Gasteiger partial charge in [-0.2, -0.15) is 5.10 Å². The molecule has 3 rings (SSSR count). The van der Waals surface area contributed by atoms with Crippen LogP contribution in [0, 0.1) is 13.8 Å². The molecule has 132 valence electrons. The number of nitrogens with zero attached hydrogens (tertiary/aromatic N) is 3. The SMILES string of the molecule is CCn1nc(C)n2cc(S(=O)(=O)NCc3cccc(C)c3)cc2c1=O. The molecule has 1 aromatic carbocycles. The maximum absolute atomic E-state index is 12.6. The molecule has 0 amide bonds. The molecule has 0 saturated heterocycles. The second kappa shape index (κ2) is 6.45. The van der Waals surface area contributed by atoms with Gasteiger partial charge >= 0.3 is 0 Å². The van der Waals surface area contributed by atoms with Crippen LogP contribution in [0.25, 0.3) is 5.52 Å². The predicted octanol–water partition coefficient (Wildman–Crippen LogP) is 1.61. The Morgan fingerprint density at radius 2 is 1.96 bits per heavy atom. The molecule has 8 heteroatoms. The molecule has 0 bridgehead atoms. The zero-order valence-corrected chi connectivity index (χ0v) is 15.2. The van der Waals surface area contributed by atoms with Crippen molar-refractivity contribution in [1.82, 2.24) is 18.9 Å². The summed E-state index contributed by atoms with van der Waals surface area (Å²) in [6, 6.07) is 9.01. The summed E-state index contributed by atoms with van der Waals surface area (Å²) in [4.78, 5) is 12.4. The van der Waals surface area contributed by atoms with Crippen molar-refractivity contribution in [3.8, 4) is 0 Å². The van der Waals surface area contributed by atoms with Gasteiger partial charge in [-0.25, -0.2) is 17.8 Å². The Morgan fingerprint density at radius 3 is 2.64 bits per heavy atom. The minimum Gasteiger partial charge on any atom is -0.298 e. The third kappa shape index (κ3) is 3.35. The van der Waals surface area contributed by atoms with Gasteiger partial charge in [0.1, 0.15) is 16.2 Å². The maximum Gasteiger partial charge on any atom is 0.291 e. The fourth-order valence-corrected chi connectivity index (χ4v) is 3.75. The van der Waals surface area contributed by atoms with Crippen molar-refractivity contribution >= 4 is 15.5 Å². The summed E-state index contributed by atoms with van der Waals surface area (Å²) in [6.45, 7) is 6.11. The first kappa shape index (κ1) is 17.4. The molecule has 25 heavy (non-hydrogen) atoms. The third-order valence-corrected chi connectivity index (χ3v) is 5.39. The number of aryl methyl sites for hydroxylation is 3. The monoisotopic (exact) mass is 360 g/mol. The predicted molar refractivity (Wildman–Crippen MR) is 95.1 cm³/mol. The minimum atomic E-state index is -3.73. The number of fused-ring (bicyclic) bond motifs is 1. The largest absolute Gasteiger partial charge is 0.298 e. The first-order valence-corrected chi connectivity index (χ1v) is 9.45. The van der Waals surface area contributed by atoms with E-state index >= 15 is 0 Å². The van der Waals surface area contributed by atoms with Crippen LogP contribution >= 0.6 is 0 Å². The highest BCUT2D eigenvalue weighted by atomic mass is 32.2. The second-order valence-electron chi connectivity index (χ2n) is 5.91. The maximum atomic E-state index is 12.6. The van der Waals surface area contributed by atoms with E-state index in [1.165, 1.54) is 21.3 Å². The average molecular weight is 360 g/mol. The Morgan fingerprint density at radius 1 is 1.20 bits per heavy atom. The van der Waals surface area contributed by atoms with Gasteiger partial charge in [-0.1, -0.05) is 29.8 Å². The third-order valence-electron chi connectivity index (χ3n) is 4.02. The van der Waals surface area contributed by atoms with Gasteiger partial charge in [-0.3, -0.25) is 9.20 Å². The van der Waals surface area contributed by atoms with Crippen LogP contribution in [-0.2, 0) is 23.1 Å². The van der Waals surface area contributed by atoms with Gasteiger partial charge in [0.25, 0.3) is 5.56 Å². The molecule has 0 fully saturated rings. The lowest BCUT2D eigenvalue weighted by Gasteiger charge is -2.06. The van der Waals surface area contributed by atoms with E-state index in [0.717, 1.165) is 11.1 Å². The number of hydrogen-bond donors (Lipinski definition) is 1. The molecule has 0 aliphatic carbocycles. The minimum absolute atomic E-state index is 0.0519. The first-order valence-electron chi connectivity index (χ1n) is 7.97. The molecule has 2 heterocycles. The lowest BCUT2D eigenvalue weighted by Crippen LogP contribution is -2.25. The van der Waals surface area contributed by atoms with E-state index in [4.69, 9.17) is 0 Å². The number of aromatic nitrogens is 3. The number of rotatable bonds is 5. The standard InChI is InChI=1S/C17H20N4O3S/c1-4-21-17(22)16-9-15(11-20(16)13(3)19-21)25(23,24)18-10-14-7-5-6-12(2)8-14/h5-9,11,18H,4,10H2,1-3H3. The van der Waals surface area contributed by atoms with E-state index < -0.39 is 10.0 Å². The van der Waals surface area contributed by atoms with Gasteiger partial charge in [0.05, 0.1) is 0 Å². The lowest BCUT2D eigenvalue weighted by molar-refractivity contribution is 0.581. The summed E-state index contributed by atoms with van der Waals surface area (Å²) in [5, 5.41) is 4.17. The van der Waals surface area contributed by atoms with E-state index in [9.17, 15) is 13.2 Å². The molecule has 0 spiro atoms. The molecule has 0 aliphatic heterocycles. The number of hydrogen-bond acceptors (Lipinski definition) is 4. The quantitative estimate of drug-likeness (QED) is 0.749. The highest BCUT2D eigenvalue weighted by molar-refractivity contribution is 7.89. The molecule has 0 aliphatic rings. The van der Waals surface area contributed by atoms with Crippen LogP contribution in [-0.4, -0.2) is 22.6 Å². The smallest absolute Gasteiger partial charge is 0.291 e. The van der Waals surface area contributed by atoms with Crippen molar-refractivity contribution in [3.63, 3.8) is 0 Å². The summed E-state index contributed by atoms with van der Waals surface area (Å²) in [5.41, 5.74) is 1.92. The van der Waals surface area contributed by atoms with Gasteiger partial charge in [-0.05, 0) is 32.4 Å². The molecule has 3 aromatic rings. The first-order chi connectivity index (χ1) is 11.8. The molecule has 0 unspecified atom stereocenters. The molecule has 0 atom stereocenters. The fraction of sp³-hybridized carbons (Fsp3) is 0.294. The Kier molecular flexibility index (Phi) is 4.49. The van der Waals surface area contributed by atoms with Crippen LogP contribution in [0.2, 0.25) is 0 Å². The van der Waals surface area contributed by atoms with Gasteiger partial charge in [0, 0.05) is 19.3 Å². The Balaban J connectivity index is 1.96. The van der Waals surface area contributed by atoms with Crippen molar-refractivity contribution in [2.75, 3.05) is 0 Å². The number of benzene rings is 1. The Hall–Kier alpha value is -2.45. The summed E-state index contributed by atoms with van der Waals surface area (Å²) < 4.78 is 30.6. The van der Waals surface area contributed by atoms with Crippen molar-refractivity contribution in [3.05, 3.63) is 63.8 Å². The van der Waals surface area contributed by atoms with Crippen molar-refractivity contribution in [2.45, 2.75) is 38.8 Å². The molecule has 0 saturated carbocycles. The van der Waals surface area contributed by atoms with Crippen LogP contribution < -0.4 is 10.3 Å². The zero-order chi connectivity index (χ0) is 18.2. The van der Waals surface area contributed by atoms with Crippen LogP contribution in [0.1, 0.15) is 23.9 Å². The van der Waals surface area contributed by atoms with Crippen molar-refractivity contribution < 1.29 is 8.42 Å². The van der Waals surface area contributed by atoms with Crippen LogP contribution in [0.5, 0.6) is 0 Å². The molecular formula is C17H20N4O3S. The molecule has 1 N–H and O–H groups in total. The summed E-state index contributed by atoms with van der Waals surface area (Å²) in [7, 11) is -3.73. The molecule has 7 nitrogen and oxygen atoms in total. The van der Waals surface area contributed by atoms with Gasteiger partial charge in [0.2, 0.25) is 10.0 Å².